The average molecular weight is 735 g/mol. The number of carbonyl (C=O) groups excluding carboxylic acids is 4. The Morgan fingerprint density at radius 1 is 1.02 bits per heavy atom. The highest BCUT2D eigenvalue weighted by Crippen LogP contribution is 2.27. The first-order chi connectivity index (χ1) is 24.7. The molecular formula is C40H74N6O6. The number of nitrogens with zero attached hydrogens (tertiary/aromatic N) is 4. The van der Waals surface area contributed by atoms with Crippen molar-refractivity contribution in [2.24, 2.45) is 23.5 Å². The van der Waals surface area contributed by atoms with Crippen LogP contribution in [-0.2, 0) is 35.1 Å². The number of benzene rings is 1. The van der Waals surface area contributed by atoms with Crippen molar-refractivity contribution in [3.63, 3.8) is 0 Å². The van der Waals surface area contributed by atoms with Gasteiger partial charge in [0.1, 0.15) is 0 Å². The van der Waals surface area contributed by atoms with Crippen molar-refractivity contribution < 1.29 is 28.7 Å². The predicted octanol–water partition coefficient (Wildman–Crippen LogP) is 4.69. The zero-order valence-corrected chi connectivity index (χ0v) is 34.4. The molecule has 0 radical (unpaired) electrons. The Hall–Kier alpha value is -3.22. The number of likely N-dealkylation sites (N-methyl/N-ethyl adjacent to an activating group) is 2. The minimum atomic E-state index is -0.304. The molecule has 52 heavy (non-hydrogen) atoms. The summed E-state index contributed by atoms with van der Waals surface area (Å²) in [6, 6.07) is 7.87. The minimum absolute atomic E-state index is 0.0243. The van der Waals surface area contributed by atoms with Gasteiger partial charge in [-0.15, -0.1) is 0 Å². The topological polar surface area (TPSA) is 152 Å². The van der Waals surface area contributed by atoms with Crippen LogP contribution in [0.2, 0.25) is 0 Å². The molecular weight excluding hydrogens is 660 g/mol. The molecule has 4 amide bonds. The molecule has 2 saturated heterocycles. The molecule has 1 aromatic carbocycles. The lowest BCUT2D eigenvalue weighted by Crippen LogP contribution is -2.49. The molecule has 2 aliphatic rings. The van der Waals surface area contributed by atoms with Gasteiger partial charge in [0.2, 0.25) is 24.6 Å². The second-order valence-electron chi connectivity index (χ2n) is 14.3. The second kappa shape index (κ2) is 27.4. The first kappa shape index (κ1) is 48.8. The van der Waals surface area contributed by atoms with Crippen LogP contribution >= 0.6 is 0 Å². The van der Waals surface area contributed by atoms with Crippen LogP contribution in [-0.4, -0.2) is 130 Å². The first-order valence-corrected chi connectivity index (χ1v) is 19.2. The predicted molar refractivity (Wildman–Crippen MR) is 211 cm³/mol. The Labute approximate surface area is 315 Å². The molecule has 0 aromatic heterocycles. The van der Waals surface area contributed by atoms with Crippen LogP contribution in [0.4, 0.5) is 5.69 Å². The van der Waals surface area contributed by atoms with Gasteiger partial charge in [-0.1, -0.05) is 66.5 Å². The number of ether oxygens (including phenoxy) is 2. The molecule has 0 spiro atoms. The Kier molecular flexibility index (Phi) is 25.7. The summed E-state index contributed by atoms with van der Waals surface area (Å²) in [7, 11) is 9.27. The van der Waals surface area contributed by atoms with Gasteiger partial charge in [0.05, 0.1) is 30.2 Å². The highest BCUT2D eigenvalue weighted by molar-refractivity contribution is 5.79. The van der Waals surface area contributed by atoms with Gasteiger partial charge >= 0.3 is 0 Å². The quantitative estimate of drug-likeness (QED) is 0.184. The van der Waals surface area contributed by atoms with E-state index in [1.165, 1.54) is 6.42 Å². The lowest BCUT2D eigenvalue weighted by molar-refractivity contribution is -0.141. The summed E-state index contributed by atoms with van der Waals surface area (Å²) < 4.78 is 11.3. The van der Waals surface area contributed by atoms with Crippen molar-refractivity contribution >= 4 is 30.3 Å². The highest BCUT2D eigenvalue weighted by atomic mass is 16.5. The van der Waals surface area contributed by atoms with Gasteiger partial charge in [-0.2, -0.15) is 0 Å². The number of hydrogen-bond donors (Lipinski definition) is 2. The number of anilines is 1. The van der Waals surface area contributed by atoms with Gasteiger partial charge in [-0.25, -0.2) is 0 Å². The zero-order valence-electron chi connectivity index (χ0n) is 34.4. The van der Waals surface area contributed by atoms with Gasteiger partial charge in [0.25, 0.3) is 0 Å². The number of primary amides is 1. The summed E-state index contributed by atoms with van der Waals surface area (Å²) in [4.78, 5) is 53.0. The number of hydrogen-bond acceptors (Lipinski definition) is 8. The number of rotatable bonds is 16. The van der Waals surface area contributed by atoms with E-state index in [1.807, 2.05) is 50.2 Å². The molecule has 12 heteroatoms. The van der Waals surface area contributed by atoms with E-state index in [4.69, 9.17) is 20.0 Å². The molecule has 4 N–H and O–H groups in total. The Morgan fingerprint density at radius 3 is 2.13 bits per heavy atom. The van der Waals surface area contributed by atoms with Crippen LogP contribution in [0.3, 0.4) is 0 Å². The molecule has 12 nitrogen and oxygen atoms in total. The maximum absolute atomic E-state index is 12.8. The van der Waals surface area contributed by atoms with Gasteiger partial charge in [-0.05, 0) is 75.2 Å². The fraction of sp³-hybridized carbons (Fsp3) is 0.750. The van der Waals surface area contributed by atoms with Crippen LogP contribution in [0.15, 0.2) is 24.3 Å². The fourth-order valence-corrected chi connectivity index (χ4v) is 7.17. The monoisotopic (exact) mass is 735 g/mol. The second-order valence-corrected chi connectivity index (χ2v) is 14.3. The Morgan fingerprint density at radius 2 is 1.65 bits per heavy atom. The molecule has 7 unspecified atom stereocenters. The number of nitrogens with two attached hydrogens (primary N) is 2. The third-order valence-corrected chi connectivity index (χ3v) is 10.2. The summed E-state index contributed by atoms with van der Waals surface area (Å²) in [6.45, 7) is 16.2. The van der Waals surface area contributed by atoms with E-state index in [1.54, 1.807) is 24.0 Å². The van der Waals surface area contributed by atoms with Crippen molar-refractivity contribution in [2.75, 3.05) is 67.3 Å². The van der Waals surface area contributed by atoms with E-state index in [0.29, 0.717) is 24.8 Å². The van der Waals surface area contributed by atoms with Crippen molar-refractivity contribution in [3.8, 4) is 0 Å². The Balaban J connectivity index is 0.000000878. The van der Waals surface area contributed by atoms with Crippen molar-refractivity contribution in [1.29, 1.82) is 0 Å². The van der Waals surface area contributed by atoms with E-state index in [-0.39, 0.29) is 48.4 Å². The normalized spacial score (nSPS) is 19.6. The van der Waals surface area contributed by atoms with Gasteiger partial charge in [-0.3, -0.25) is 19.2 Å². The summed E-state index contributed by atoms with van der Waals surface area (Å²) in [5.74, 6) is 0.978. The minimum Gasteiger partial charge on any atom is -0.399 e. The van der Waals surface area contributed by atoms with Crippen molar-refractivity contribution in [3.05, 3.63) is 29.8 Å². The number of likely N-dealkylation sites (tertiary alicyclic amines) is 2. The largest absolute Gasteiger partial charge is 0.399 e. The molecule has 1 aromatic rings. The lowest BCUT2D eigenvalue weighted by atomic mass is 9.91. The third-order valence-electron chi connectivity index (χ3n) is 10.2. The number of amides is 4. The number of carbonyl (C=O) groups is 4. The maximum Gasteiger partial charge on any atom is 0.227 e. The van der Waals surface area contributed by atoms with E-state index >= 15 is 0 Å². The summed E-state index contributed by atoms with van der Waals surface area (Å²) in [5.41, 5.74) is 11.8. The van der Waals surface area contributed by atoms with Crippen LogP contribution in [0, 0.1) is 17.8 Å². The molecule has 2 aliphatic heterocycles. The van der Waals surface area contributed by atoms with Crippen molar-refractivity contribution in [2.45, 2.75) is 117 Å². The van der Waals surface area contributed by atoms with E-state index in [0.717, 1.165) is 75.8 Å². The van der Waals surface area contributed by atoms with Gasteiger partial charge in [0.15, 0.2) is 0 Å². The smallest absolute Gasteiger partial charge is 0.227 e. The SMILES string of the molecule is CCC.CCC(C)C(C(CC)OC)N(C)C(=O)CC1CCN(C)C1.COC(C(C)C(=O)N(C)CCc1cccc(N)c1)C1CCCN1C=O.NC=O. The molecule has 2 heterocycles. The van der Waals surface area contributed by atoms with Crippen LogP contribution < -0.4 is 11.5 Å². The number of methoxy groups -OCH3 is 2. The standard InChI is InChI=1S/C19H29N3O3.C17H34N2O2.C3H8.CH3NO/c1-14(18(25-3)17-8-5-10-22(17)13-23)19(24)21(2)11-9-15-6-4-7-16(20)12-15;1-7-13(3)17(15(8-2)21-6)19(5)16(20)11-14-9-10-18(4)12-14;1-3-2;2-1-3/h4,6-7,12-14,17-18H,5,8-11,20H2,1-3H3;13-15,17H,7-12H2,1-6H3;3H2,1-2H3;1H,(H2,2,3). The molecule has 0 bridgehead atoms. The molecule has 7 atom stereocenters. The van der Waals surface area contributed by atoms with Crippen LogP contribution in [0.1, 0.15) is 92.1 Å². The summed E-state index contributed by atoms with van der Waals surface area (Å²) >= 11 is 0. The van der Waals surface area contributed by atoms with E-state index in [2.05, 4.69) is 52.3 Å². The molecule has 300 valence electrons. The molecule has 0 aliphatic carbocycles. The fourth-order valence-electron chi connectivity index (χ4n) is 7.17. The van der Waals surface area contributed by atoms with E-state index in [9.17, 15) is 14.4 Å². The number of nitrogen functional groups attached to an aromatic ring is 1. The zero-order chi connectivity index (χ0) is 39.8. The molecule has 0 saturated carbocycles. The van der Waals surface area contributed by atoms with Crippen LogP contribution in [0.25, 0.3) is 0 Å². The lowest BCUT2D eigenvalue weighted by Gasteiger charge is -2.38. The first-order valence-electron chi connectivity index (χ1n) is 19.2. The summed E-state index contributed by atoms with van der Waals surface area (Å²) in [5, 5.41) is 0. The van der Waals surface area contributed by atoms with E-state index < -0.39 is 0 Å². The van der Waals surface area contributed by atoms with Crippen molar-refractivity contribution in [1.82, 2.24) is 19.6 Å². The molecule has 2 fully saturated rings. The highest BCUT2D eigenvalue weighted by Gasteiger charge is 2.38. The average Bonchev–Trinajstić information content (AvgIpc) is 3.78. The Bertz CT molecular complexity index is 1140. The maximum atomic E-state index is 12.8. The summed E-state index contributed by atoms with van der Waals surface area (Å²) in [6.07, 6.45) is 8.61. The van der Waals surface area contributed by atoms with Crippen LogP contribution in [0.5, 0.6) is 0 Å². The third kappa shape index (κ3) is 16.6. The molecule has 3 rings (SSSR count). The van der Waals surface area contributed by atoms with Gasteiger partial charge < -0.3 is 40.5 Å². The van der Waals surface area contributed by atoms with Gasteiger partial charge in [0, 0.05) is 60.1 Å².